The predicted octanol–water partition coefficient (Wildman–Crippen LogP) is 6.67. The van der Waals surface area contributed by atoms with E-state index >= 15 is 0 Å². The van der Waals surface area contributed by atoms with Crippen molar-refractivity contribution < 1.29 is 38.9 Å². The highest BCUT2D eigenvalue weighted by Gasteiger charge is 2.51. The van der Waals surface area contributed by atoms with Crippen LogP contribution in [0, 0.1) is 0 Å². The first-order chi connectivity index (χ1) is 21.1. The number of rotatable bonds is 11. The molecule has 3 aromatic carbocycles. The lowest BCUT2D eigenvalue weighted by atomic mass is 9.88. The smallest absolute Gasteiger partial charge is 0.497 e. The van der Waals surface area contributed by atoms with E-state index in [1.807, 2.05) is 49.1 Å². The monoisotopic (exact) mass is 669 g/mol. The van der Waals surface area contributed by atoms with Crippen molar-refractivity contribution >= 4 is 37.2 Å². The minimum Gasteiger partial charge on any atom is -0.497 e. The molecule has 1 heterocycles. The van der Waals surface area contributed by atoms with Gasteiger partial charge < -0.3 is 18.7 Å². The lowest BCUT2D eigenvalue weighted by molar-refractivity contribution is -0.0499. The average molecular weight is 670 g/mol. The van der Waals surface area contributed by atoms with Crippen LogP contribution in [-0.2, 0) is 26.7 Å². The van der Waals surface area contributed by atoms with Gasteiger partial charge in [0.05, 0.1) is 24.0 Å². The number of halogens is 3. The normalized spacial score (nSPS) is 18.6. The number of para-hydroxylation sites is 1. The number of methoxy groups -OCH3 is 1. The third kappa shape index (κ3) is 6.87. The molecule has 14 heteroatoms. The quantitative estimate of drug-likeness (QED) is 0.165. The molecule has 1 aliphatic heterocycles. The highest BCUT2D eigenvalue weighted by molar-refractivity contribution is 7.89. The number of benzene rings is 3. The molecule has 1 unspecified atom stereocenters. The lowest BCUT2D eigenvalue weighted by Crippen LogP contribution is -2.54. The number of hydrogen-bond donors (Lipinski definition) is 0. The third-order valence-corrected chi connectivity index (χ3v) is 11.0. The maximum Gasteiger partial charge on any atom is 0.534 e. The highest BCUT2D eigenvalue weighted by Crippen LogP contribution is 2.48. The van der Waals surface area contributed by atoms with Crippen molar-refractivity contribution in [3.8, 4) is 11.5 Å². The molecule has 0 fully saturated rings. The van der Waals surface area contributed by atoms with Gasteiger partial charge in [0.1, 0.15) is 10.6 Å². The third-order valence-electron chi connectivity index (χ3n) is 8.05. The van der Waals surface area contributed by atoms with E-state index in [9.17, 15) is 30.0 Å². The molecule has 0 saturated heterocycles. The summed E-state index contributed by atoms with van der Waals surface area (Å²) in [6.07, 6.45) is 2.43. The van der Waals surface area contributed by atoms with E-state index in [-0.39, 0.29) is 29.4 Å². The van der Waals surface area contributed by atoms with Crippen LogP contribution in [0.1, 0.15) is 45.1 Å². The molecule has 3 aromatic rings. The van der Waals surface area contributed by atoms with Crippen LogP contribution in [0.3, 0.4) is 0 Å². The molecule has 0 aromatic heterocycles. The zero-order chi connectivity index (χ0) is 33.2. The van der Waals surface area contributed by atoms with Crippen LogP contribution in [-0.4, -0.2) is 59.9 Å². The van der Waals surface area contributed by atoms with Gasteiger partial charge >= 0.3 is 15.6 Å². The Labute approximate surface area is 263 Å². The Hall–Kier alpha value is -3.49. The van der Waals surface area contributed by atoms with Gasteiger partial charge in [-0.25, -0.2) is 8.42 Å². The molecule has 4 rings (SSSR count). The number of alkyl halides is 3. The van der Waals surface area contributed by atoms with Crippen molar-refractivity contribution in [2.75, 3.05) is 37.5 Å². The van der Waals surface area contributed by atoms with E-state index in [2.05, 4.69) is 4.18 Å². The maximum atomic E-state index is 14.9. The molecule has 0 spiro atoms. The zero-order valence-electron chi connectivity index (χ0n) is 25.8. The van der Waals surface area contributed by atoms with Crippen molar-refractivity contribution in [3.05, 3.63) is 72.3 Å². The summed E-state index contributed by atoms with van der Waals surface area (Å²) in [7, 11) is -6.08. The van der Waals surface area contributed by atoms with Crippen molar-refractivity contribution in [1.29, 1.82) is 0 Å². The summed E-state index contributed by atoms with van der Waals surface area (Å²) in [6, 6.07) is 18.3. The van der Waals surface area contributed by atoms with Crippen molar-refractivity contribution in [2.24, 2.45) is 0 Å². The second-order valence-corrected chi connectivity index (χ2v) is 14.5. The number of anilines is 3. The Morgan fingerprint density at radius 3 is 2.18 bits per heavy atom. The summed E-state index contributed by atoms with van der Waals surface area (Å²) in [4.78, 5) is 2.85. The van der Waals surface area contributed by atoms with E-state index in [4.69, 9.17) is 4.74 Å². The molecule has 0 bridgehead atoms. The van der Waals surface area contributed by atoms with Crippen LogP contribution in [0.2, 0.25) is 0 Å². The van der Waals surface area contributed by atoms with Gasteiger partial charge in [0, 0.05) is 38.9 Å². The van der Waals surface area contributed by atoms with Gasteiger partial charge in [-0.05, 0) is 48.7 Å². The summed E-state index contributed by atoms with van der Waals surface area (Å²) < 4.78 is 106. The standard InChI is InChI=1S/C31H38F3N3O6S2/c1-6-8-18-30(7-2)22-36(24-12-10-9-11-13-24)27-19-26(35(3)4)28(43-45(40,41)31(32,33)34)20-29(27)44(38,39)37(30)21-23-14-16-25(42-5)17-15-23/h9-17,19-20H,6-8,18,21-22H2,1-5H3. The van der Waals surface area contributed by atoms with Crippen LogP contribution in [0.25, 0.3) is 0 Å². The molecule has 0 amide bonds. The fourth-order valence-corrected chi connectivity index (χ4v) is 8.03. The van der Waals surface area contributed by atoms with Crippen LogP contribution in [0.4, 0.5) is 30.2 Å². The summed E-state index contributed by atoms with van der Waals surface area (Å²) in [5.41, 5.74) is -5.21. The van der Waals surface area contributed by atoms with Crippen molar-refractivity contribution in [2.45, 2.75) is 62.0 Å². The number of hydrogen-bond acceptors (Lipinski definition) is 8. The average Bonchev–Trinajstić information content (AvgIpc) is 3.07. The second-order valence-electron chi connectivity index (χ2n) is 11.1. The van der Waals surface area contributed by atoms with Crippen molar-refractivity contribution in [1.82, 2.24) is 4.31 Å². The topological polar surface area (TPSA) is 96.5 Å². The van der Waals surface area contributed by atoms with Crippen LogP contribution >= 0.6 is 0 Å². The van der Waals surface area contributed by atoms with E-state index in [1.165, 1.54) is 36.5 Å². The Morgan fingerprint density at radius 2 is 1.64 bits per heavy atom. The van der Waals surface area contributed by atoms with E-state index in [1.54, 1.807) is 24.3 Å². The van der Waals surface area contributed by atoms with Crippen LogP contribution in [0.15, 0.2) is 71.6 Å². The Morgan fingerprint density at radius 1 is 1.00 bits per heavy atom. The number of fused-ring (bicyclic) bond motifs is 1. The summed E-state index contributed by atoms with van der Waals surface area (Å²) in [5, 5.41) is 0. The van der Waals surface area contributed by atoms with Gasteiger partial charge in [0.2, 0.25) is 10.0 Å². The fraction of sp³-hybridized carbons (Fsp3) is 0.419. The Balaban J connectivity index is 2.06. The molecule has 0 aliphatic carbocycles. The van der Waals surface area contributed by atoms with Gasteiger partial charge in [-0.3, -0.25) is 0 Å². The molecule has 1 atom stereocenters. The molecule has 1 aliphatic rings. The van der Waals surface area contributed by atoms with Gasteiger partial charge in [0.15, 0.2) is 5.75 Å². The molecule has 0 radical (unpaired) electrons. The van der Waals surface area contributed by atoms with Gasteiger partial charge in [-0.2, -0.15) is 25.9 Å². The molecular weight excluding hydrogens is 631 g/mol. The molecule has 45 heavy (non-hydrogen) atoms. The number of sulfonamides is 1. The lowest BCUT2D eigenvalue weighted by Gasteiger charge is -2.43. The fourth-order valence-electron chi connectivity index (χ4n) is 5.53. The predicted molar refractivity (Wildman–Crippen MR) is 168 cm³/mol. The summed E-state index contributed by atoms with van der Waals surface area (Å²) in [5.74, 6) is -0.163. The van der Waals surface area contributed by atoms with E-state index < -0.39 is 36.9 Å². The Kier molecular flexibility index (Phi) is 10.0. The number of ether oxygens (including phenoxy) is 1. The van der Waals surface area contributed by atoms with E-state index in [0.717, 1.165) is 12.5 Å². The van der Waals surface area contributed by atoms with E-state index in [0.29, 0.717) is 36.3 Å². The molecule has 0 N–H and O–H groups in total. The van der Waals surface area contributed by atoms with Crippen LogP contribution < -0.4 is 18.7 Å². The molecule has 0 saturated carbocycles. The minimum atomic E-state index is -6.11. The van der Waals surface area contributed by atoms with Gasteiger partial charge in [-0.15, -0.1) is 0 Å². The SMILES string of the molecule is CCCCC1(CC)CN(c2ccccc2)c2cc(N(C)C)c(OS(=O)(=O)C(F)(F)F)cc2S(=O)(=O)N1Cc1ccc(OC)cc1. The summed E-state index contributed by atoms with van der Waals surface area (Å²) >= 11 is 0. The molecule has 9 nitrogen and oxygen atoms in total. The number of nitrogens with zero attached hydrogens (tertiary/aromatic N) is 3. The number of unbranched alkanes of at least 4 members (excludes halogenated alkanes) is 1. The van der Waals surface area contributed by atoms with Crippen LogP contribution in [0.5, 0.6) is 11.5 Å². The first-order valence-electron chi connectivity index (χ1n) is 14.4. The van der Waals surface area contributed by atoms with Gasteiger partial charge in [-0.1, -0.05) is 57.0 Å². The van der Waals surface area contributed by atoms with Crippen molar-refractivity contribution in [3.63, 3.8) is 0 Å². The molecular formula is C31H38F3N3O6S2. The minimum absolute atomic E-state index is 0.0432. The first kappa shape index (κ1) is 34.4. The largest absolute Gasteiger partial charge is 0.534 e. The highest BCUT2D eigenvalue weighted by atomic mass is 32.2. The summed E-state index contributed by atoms with van der Waals surface area (Å²) in [6.45, 7) is 4.11. The maximum absolute atomic E-state index is 14.9. The second kappa shape index (κ2) is 13.1. The molecule has 246 valence electrons. The zero-order valence-corrected chi connectivity index (χ0v) is 27.5. The van der Waals surface area contributed by atoms with Gasteiger partial charge in [0.25, 0.3) is 0 Å². The first-order valence-corrected chi connectivity index (χ1v) is 17.3. The Bertz CT molecular complexity index is 1700.